The minimum Gasteiger partial charge on any atom is -0.112 e. The van der Waals surface area contributed by atoms with Gasteiger partial charge in [0, 0.05) is 0 Å². The van der Waals surface area contributed by atoms with Crippen LogP contribution in [0.1, 0.15) is 12.5 Å². The van der Waals surface area contributed by atoms with Crippen molar-refractivity contribution in [2.75, 3.05) is 0 Å². The molecule has 0 nitrogen and oxygen atoms in total. The maximum absolute atomic E-state index is 5.95. The molecule has 0 aliphatic heterocycles. The van der Waals surface area contributed by atoms with Gasteiger partial charge in [-0.2, -0.15) is 0 Å². The fraction of sp³-hybridized carbons (Fsp3) is 0.0769. The second-order valence-corrected chi connectivity index (χ2v) is 3.80. The van der Waals surface area contributed by atoms with Crippen LogP contribution in [-0.4, -0.2) is 39.2 Å². The number of hydrogen-bond donors (Lipinski definition) is 0. The highest BCUT2D eigenvalue weighted by Gasteiger charge is 2.11. The fourth-order valence-electron chi connectivity index (χ4n) is 1.61. The normalized spacial score (nSPS) is 11.9. The third-order valence-corrected chi connectivity index (χ3v) is 2.68. The Hall–Kier alpha value is -1.24. The van der Waals surface area contributed by atoms with E-state index in [9.17, 15) is 0 Å². The Morgan fingerprint density at radius 3 is 1.72 bits per heavy atom. The molecule has 1 aromatic rings. The first-order valence-electron chi connectivity index (χ1n) is 5.42. The van der Waals surface area contributed by atoms with Crippen molar-refractivity contribution < 1.29 is 0 Å². The van der Waals surface area contributed by atoms with Crippen LogP contribution in [0.2, 0.25) is 0 Å². The van der Waals surface area contributed by atoms with Crippen molar-refractivity contribution >= 4 is 72.1 Å². The standard InChI is InChI=1S/C13H9B5/c1-3-5-6-7(4-2)8-9(14)11(16)13(18)12(17)10(8)15/h3-6H,2H2,1H3/b5-3-,7-6+. The molecule has 0 N–H and O–H groups in total. The van der Waals surface area contributed by atoms with E-state index in [0.717, 1.165) is 5.57 Å². The van der Waals surface area contributed by atoms with Crippen molar-refractivity contribution in [1.82, 2.24) is 0 Å². The van der Waals surface area contributed by atoms with Crippen LogP contribution >= 0.6 is 0 Å². The highest BCUT2D eigenvalue weighted by molar-refractivity contribution is 6.67. The largest absolute Gasteiger partial charge is 0.113 e. The van der Waals surface area contributed by atoms with Crippen LogP contribution < -0.4 is 27.3 Å². The van der Waals surface area contributed by atoms with E-state index >= 15 is 0 Å². The molecule has 1 aromatic carbocycles. The van der Waals surface area contributed by atoms with Crippen molar-refractivity contribution in [2.24, 2.45) is 0 Å². The topological polar surface area (TPSA) is 0 Å². The first-order chi connectivity index (χ1) is 8.45. The SMILES string of the molecule is [B]c1c([B])c([B])c(/C(C=C)=C/C=C\C)c([B])c1[B]. The first-order valence-corrected chi connectivity index (χ1v) is 5.42. The smallest absolute Gasteiger partial charge is 0.112 e. The lowest BCUT2D eigenvalue weighted by Gasteiger charge is -2.21. The molecule has 0 spiro atoms. The van der Waals surface area contributed by atoms with Crippen LogP contribution in [0.3, 0.4) is 0 Å². The van der Waals surface area contributed by atoms with Crippen molar-refractivity contribution in [2.45, 2.75) is 6.92 Å². The molecule has 0 heterocycles. The van der Waals surface area contributed by atoms with Gasteiger partial charge in [0.2, 0.25) is 0 Å². The molecular weight excluding hydrogens is 210 g/mol. The molecule has 76 valence electrons. The van der Waals surface area contributed by atoms with Crippen LogP contribution in [0.4, 0.5) is 0 Å². The van der Waals surface area contributed by atoms with Crippen LogP contribution in [-0.2, 0) is 0 Å². The van der Waals surface area contributed by atoms with Gasteiger partial charge in [-0.05, 0) is 18.1 Å². The molecule has 0 saturated carbocycles. The van der Waals surface area contributed by atoms with Crippen molar-refractivity contribution in [3.63, 3.8) is 0 Å². The average molecular weight is 219 g/mol. The highest BCUT2D eigenvalue weighted by Crippen LogP contribution is 2.09. The summed E-state index contributed by atoms with van der Waals surface area (Å²) in [6.45, 7) is 5.63. The molecule has 0 amide bonds. The van der Waals surface area contributed by atoms with E-state index in [2.05, 4.69) is 6.58 Å². The van der Waals surface area contributed by atoms with E-state index in [1.807, 2.05) is 25.2 Å². The number of rotatable bonds is 3. The lowest BCUT2D eigenvalue weighted by molar-refractivity contribution is 1.72. The summed E-state index contributed by atoms with van der Waals surface area (Å²) in [5.74, 6) is 0. The van der Waals surface area contributed by atoms with Gasteiger partial charge in [0.05, 0.1) is 0 Å². The van der Waals surface area contributed by atoms with E-state index in [-0.39, 0.29) is 16.4 Å². The van der Waals surface area contributed by atoms with Gasteiger partial charge < -0.3 is 0 Å². The van der Waals surface area contributed by atoms with E-state index in [1.165, 1.54) is 0 Å². The summed E-state index contributed by atoms with van der Waals surface area (Å²) in [5.41, 5.74) is 2.62. The molecule has 18 heavy (non-hydrogen) atoms. The van der Waals surface area contributed by atoms with Crippen molar-refractivity contribution in [1.29, 1.82) is 0 Å². The predicted octanol–water partition coefficient (Wildman–Crippen LogP) is -2.20. The van der Waals surface area contributed by atoms with E-state index in [0.29, 0.717) is 16.5 Å². The summed E-state index contributed by atoms with van der Waals surface area (Å²) in [5, 5.41) is 0. The van der Waals surface area contributed by atoms with Gasteiger partial charge in [-0.25, -0.2) is 0 Å². The Labute approximate surface area is 116 Å². The molecule has 0 aliphatic rings. The van der Waals surface area contributed by atoms with Crippen molar-refractivity contribution in [3.8, 4) is 0 Å². The zero-order valence-corrected chi connectivity index (χ0v) is 10.4. The van der Waals surface area contributed by atoms with Gasteiger partial charge >= 0.3 is 0 Å². The first kappa shape index (κ1) is 14.8. The second kappa shape index (κ2) is 6.09. The Bertz CT molecular complexity index is 512. The fourth-order valence-corrected chi connectivity index (χ4v) is 1.61. The number of allylic oxidation sites excluding steroid dienone is 5. The molecule has 1 rings (SSSR count). The predicted molar refractivity (Wildman–Crippen MR) is 86.4 cm³/mol. The van der Waals surface area contributed by atoms with Gasteiger partial charge in [-0.15, -0.1) is 16.4 Å². The zero-order valence-electron chi connectivity index (χ0n) is 10.4. The minimum atomic E-state index is 0.211. The quantitative estimate of drug-likeness (QED) is 0.400. The van der Waals surface area contributed by atoms with Crippen LogP contribution in [0.15, 0.2) is 30.9 Å². The molecule has 0 saturated heterocycles. The molecule has 0 bridgehead atoms. The molecule has 0 aliphatic carbocycles. The summed E-state index contributed by atoms with van der Waals surface area (Å²) in [6.07, 6.45) is 7.18. The third kappa shape index (κ3) is 2.61. The Kier molecular flexibility index (Phi) is 5.01. The summed E-state index contributed by atoms with van der Waals surface area (Å²) in [7, 11) is 29.2. The van der Waals surface area contributed by atoms with Gasteiger partial charge in [0.1, 0.15) is 39.2 Å². The molecule has 5 heteroatoms. The Morgan fingerprint density at radius 2 is 1.33 bits per heavy atom. The lowest BCUT2D eigenvalue weighted by atomic mass is 9.59. The Balaban J connectivity index is 3.64. The highest BCUT2D eigenvalue weighted by atomic mass is 14.1. The number of benzene rings is 1. The monoisotopic (exact) mass is 220 g/mol. The molecule has 0 unspecified atom stereocenters. The lowest BCUT2D eigenvalue weighted by Crippen LogP contribution is -2.56. The van der Waals surface area contributed by atoms with Gasteiger partial charge in [0.15, 0.2) is 0 Å². The second-order valence-electron chi connectivity index (χ2n) is 3.80. The number of hydrogen-bond acceptors (Lipinski definition) is 0. The molecule has 0 aromatic heterocycles. The Morgan fingerprint density at radius 1 is 0.889 bits per heavy atom. The van der Waals surface area contributed by atoms with Crippen molar-refractivity contribution in [3.05, 3.63) is 36.4 Å². The molecular formula is C13H9B5. The minimum absolute atomic E-state index is 0.211. The summed E-state index contributed by atoms with van der Waals surface area (Å²) < 4.78 is 0. The van der Waals surface area contributed by atoms with Crippen LogP contribution in [0.25, 0.3) is 5.57 Å². The van der Waals surface area contributed by atoms with Crippen LogP contribution in [0.5, 0.6) is 0 Å². The van der Waals surface area contributed by atoms with Gasteiger partial charge in [-0.1, -0.05) is 41.8 Å². The van der Waals surface area contributed by atoms with E-state index in [4.69, 9.17) is 39.2 Å². The van der Waals surface area contributed by atoms with E-state index < -0.39 is 0 Å². The maximum atomic E-state index is 5.95. The maximum Gasteiger partial charge on any atom is 0.113 e. The summed E-state index contributed by atoms with van der Waals surface area (Å²) in [4.78, 5) is 0. The van der Waals surface area contributed by atoms with Gasteiger partial charge in [0.25, 0.3) is 0 Å². The van der Waals surface area contributed by atoms with Crippen LogP contribution in [0, 0.1) is 0 Å². The summed E-state index contributed by atoms with van der Waals surface area (Å²) in [6, 6.07) is 0. The molecule has 0 atom stereocenters. The average Bonchev–Trinajstić information content (AvgIpc) is 2.38. The third-order valence-electron chi connectivity index (χ3n) is 2.68. The van der Waals surface area contributed by atoms with E-state index in [1.54, 1.807) is 6.08 Å². The molecule has 10 radical (unpaired) electrons. The summed E-state index contributed by atoms with van der Waals surface area (Å²) >= 11 is 0. The van der Waals surface area contributed by atoms with Gasteiger partial charge in [-0.3, -0.25) is 0 Å². The zero-order chi connectivity index (χ0) is 13.9. The molecule has 0 fully saturated rings.